The van der Waals surface area contributed by atoms with Crippen LogP contribution in [0.5, 0.6) is 0 Å². The first kappa shape index (κ1) is 21.6. The molecule has 5 nitrogen and oxygen atoms in total. The lowest BCUT2D eigenvalue weighted by molar-refractivity contribution is -0.0369. The van der Waals surface area contributed by atoms with E-state index in [0.29, 0.717) is 12.0 Å². The quantitative estimate of drug-likeness (QED) is 0.755. The van der Waals surface area contributed by atoms with Gasteiger partial charge < -0.3 is 10.2 Å². The van der Waals surface area contributed by atoms with Gasteiger partial charge in [-0.2, -0.15) is 0 Å². The molecule has 0 spiro atoms. The number of aromatic nitrogens is 1. The van der Waals surface area contributed by atoms with E-state index in [1.54, 1.807) is 6.20 Å². The molecule has 2 bridgehead atoms. The Labute approximate surface area is 182 Å². The fraction of sp³-hybridized carbons (Fsp3) is 0.760. The van der Waals surface area contributed by atoms with Gasteiger partial charge in [-0.1, -0.05) is 20.3 Å². The zero-order chi connectivity index (χ0) is 21.3. The second kappa shape index (κ2) is 9.25. The summed E-state index contributed by atoms with van der Waals surface area (Å²) >= 11 is 0. The van der Waals surface area contributed by atoms with Gasteiger partial charge in [-0.25, -0.2) is 4.98 Å². The summed E-state index contributed by atoms with van der Waals surface area (Å²) in [7, 11) is 0. The molecule has 1 amide bonds. The van der Waals surface area contributed by atoms with Crippen LogP contribution in [-0.4, -0.2) is 53.6 Å². The molecule has 0 unspecified atom stereocenters. The smallest absolute Gasteiger partial charge is 0.251 e. The van der Waals surface area contributed by atoms with Crippen LogP contribution in [0, 0.1) is 17.8 Å². The van der Waals surface area contributed by atoms with Gasteiger partial charge in [0.05, 0.1) is 0 Å². The molecule has 0 saturated carbocycles. The fourth-order valence-electron chi connectivity index (χ4n) is 6.08. The summed E-state index contributed by atoms with van der Waals surface area (Å²) in [5, 5.41) is 3.01. The van der Waals surface area contributed by atoms with E-state index < -0.39 is 0 Å². The minimum atomic E-state index is -0.000816. The standard InChI is InChI=1S/C25H40N4O/c1-17(2)8-9-23-21-13-20(22-7-5-6-12-29(22)23)15-28(16-21)24-14-19(10-11-26-24)25(30)27-18(3)4/h10-11,14,17-18,20-23H,5-9,12-13,15-16H2,1-4H3,(H,27,30)/t20-,21+,22+,23+/m1/s1. The molecule has 3 aliphatic rings. The average molecular weight is 413 g/mol. The zero-order valence-corrected chi connectivity index (χ0v) is 19.3. The molecule has 5 heteroatoms. The van der Waals surface area contributed by atoms with Crippen molar-refractivity contribution in [2.45, 2.75) is 84.3 Å². The number of carbonyl (C=O) groups excluding carboxylic acids is 1. The Balaban J connectivity index is 1.54. The highest BCUT2D eigenvalue weighted by Gasteiger charge is 2.47. The summed E-state index contributed by atoms with van der Waals surface area (Å²) < 4.78 is 0. The molecule has 4 rings (SSSR count). The molecule has 30 heavy (non-hydrogen) atoms. The van der Waals surface area contributed by atoms with Crippen molar-refractivity contribution >= 4 is 11.7 Å². The molecule has 1 N–H and O–H groups in total. The third-order valence-electron chi connectivity index (χ3n) is 7.41. The van der Waals surface area contributed by atoms with Crippen LogP contribution in [-0.2, 0) is 0 Å². The predicted octanol–water partition coefficient (Wildman–Crippen LogP) is 4.34. The average Bonchev–Trinajstić information content (AvgIpc) is 2.73. The first-order valence-electron chi connectivity index (χ1n) is 12.2. The van der Waals surface area contributed by atoms with Gasteiger partial charge in [0.25, 0.3) is 5.91 Å². The van der Waals surface area contributed by atoms with Gasteiger partial charge in [0.1, 0.15) is 5.82 Å². The Hall–Kier alpha value is -1.62. The number of anilines is 1. The van der Waals surface area contributed by atoms with Crippen LogP contribution in [0.2, 0.25) is 0 Å². The summed E-state index contributed by atoms with van der Waals surface area (Å²) in [5.74, 6) is 3.19. The predicted molar refractivity (Wildman–Crippen MR) is 123 cm³/mol. The van der Waals surface area contributed by atoms with Crippen LogP contribution in [0.3, 0.4) is 0 Å². The molecule has 0 aromatic carbocycles. The highest BCUT2D eigenvalue weighted by molar-refractivity contribution is 5.95. The molecule has 3 fully saturated rings. The van der Waals surface area contributed by atoms with Gasteiger partial charge in [-0.15, -0.1) is 0 Å². The van der Waals surface area contributed by atoms with Crippen molar-refractivity contribution in [3.05, 3.63) is 23.9 Å². The molecular weight excluding hydrogens is 372 g/mol. The van der Waals surface area contributed by atoms with Gasteiger partial charge >= 0.3 is 0 Å². The van der Waals surface area contributed by atoms with Gasteiger partial charge in [0.2, 0.25) is 0 Å². The first-order chi connectivity index (χ1) is 14.4. The van der Waals surface area contributed by atoms with Crippen LogP contribution in [0.4, 0.5) is 5.82 Å². The van der Waals surface area contributed by atoms with E-state index in [0.717, 1.165) is 42.3 Å². The van der Waals surface area contributed by atoms with Crippen molar-refractivity contribution in [1.29, 1.82) is 0 Å². The third-order valence-corrected chi connectivity index (χ3v) is 7.41. The highest BCUT2D eigenvalue weighted by Crippen LogP contribution is 2.43. The summed E-state index contributed by atoms with van der Waals surface area (Å²) in [6.45, 7) is 12.2. The van der Waals surface area contributed by atoms with Crippen LogP contribution in [0.15, 0.2) is 18.3 Å². The third kappa shape index (κ3) is 4.66. The van der Waals surface area contributed by atoms with Gasteiger partial charge in [-0.05, 0) is 82.4 Å². The van der Waals surface area contributed by atoms with E-state index in [-0.39, 0.29) is 11.9 Å². The van der Waals surface area contributed by atoms with Crippen molar-refractivity contribution < 1.29 is 4.79 Å². The topological polar surface area (TPSA) is 48.5 Å². The lowest BCUT2D eigenvalue weighted by Crippen LogP contribution is -2.63. The highest BCUT2D eigenvalue weighted by atomic mass is 16.1. The molecule has 4 atom stereocenters. The van der Waals surface area contributed by atoms with Crippen molar-refractivity contribution in [2.75, 3.05) is 24.5 Å². The lowest BCUT2D eigenvalue weighted by atomic mass is 9.71. The largest absolute Gasteiger partial charge is 0.356 e. The van der Waals surface area contributed by atoms with Crippen molar-refractivity contribution in [2.24, 2.45) is 17.8 Å². The molecule has 166 valence electrons. The number of rotatable bonds is 6. The number of hydrogen-bond donors (Lipinski definition) is 1. The zero-order valence-electron chi connectivity index (χ0n) is 19.3. The molecular formula is C25H40N4O. The monoisotopic (exact) mass is 412 g/mol. The van der Waals surface area contributed by atoms with Gasteiger partial charge in [-0.3, -0.25) is 9.69 Å². The number of nitrogens with zero attached hydrogens (tertiary/aromatic N) is 3. The Morgan fingerprint density at radius 2 is 2.00 bits per heavy atom. The summed E-state index contributed by atoms with van der Waals surface area (Å²) in [5.41, 5.74) is 0.722. The van der Waals surface area contributed by atoms with Crippen LogP contribution < -0.4 is 10.2 Å². The van der Waals surface area contributed by atoms with E-state index in [1.165, 1.54) is 45.1 Å². The molecule has 1 aromatic heterocycles. The van der Waals surface area contributed by atoms with Crippen LogP contribution >= 0.6 is 0 Å². The number of nitrogens with one attached hydrogen (secondary N) is 1. The minimum Gasteiger partial charge on any atom is -0.356 e. The Morgan fingerprint density at radius 1 is 1.20 bits per heavy atom. The second-order valence-corrected chi connectivity index (χ2v) is 10.5. The maximum absolute atomic E-state index is 12.5. The number of fused-ring (bicyclic) bond motifs is 4. The Bertz CT molecular complexity index is 734. The SMILES string of the molecule is CC(C)CC[C@H]1[C@H]2C[C@H](CN(c3cc(C(=O)NC(C)C)ccn3)C2)[C@@H]2CCCCN21. The summed E-state index contributed by atoms with van der Waals surface area (Å²) in [6.07, 6.45) is 9.91. The fourth-order valence-corrected chi connectivity index (χ4v) is 6.08. The van der Waals surface area contributed by atoms with Crippen molar-refractivity contribution in [1.82, 2.24) is 15.2 Å². The number of hydrogen-bond acceptors (Lipinski definition) is 4. The molecule has 0 radical (unpaired) electrons. The molecule has 0 aliphatic carbocycles. The van der Waals surface area contributed by atoms with Crippen molar-refractivity contribution in [3.8, 4) is 0 Å². The number of amides is 1. The maximum atomic E-state index is 12.5. The number of carbonyl (C=O) groups is 1. The number of pyridine rings is 1. The number of piperidine rings is 3. The minimum absolute atomic E-state index is 0.000816. The van der Waals surface area contributed by atoms with Gasteiger partial charge in [0.15, 0.2) is 0 Å². The Kier molecular flexibility index (Phi) is 6.66. The Morgan fingerprint density at radius 3 is 2.77 bits per heavy atom. The summed E-state index contributed by atoms with van der Waals surface area (Å²) in [4.78, 5) is 22.6. The lowest BCUT2D eigenvalue weighted by Gasteiger charge is -2.57. The van der Waals surface area contributed by atoms with E-state index in [4.69, 9.17) is 0 Å². The molecule has 3 aliphatic heterocycles. The van der Waals surface area contributed by atoms with Crippen molar-refractivity contribution in [3.63, 3.8) is 0 Å². The molecule has 4 heterocycles. The second-order valence-electron chi connectivity index (χ2n) is 10.5. The maximum Gasteiger partial charge on any atom is 0.251 e. The van der Waals surface area contributed by atoms with E-state index in [1.807, 2.05) is 26.0 Å². The van der Waals surface area contributed by atoms with Crippen LogP contribution in [0.25, 0.3) is 0 Å². The molecule has 1 aromatic rings. The summed E-state index contributed by atoms with van der Waals surface area (Å²) in [6, 6.07) is 5.43. The normalized spacial score (nSPS) is 29.2. The van der Waals surface area contributed by atoms with E-state index in [9.17, 15) is 4.79 Å². The van der Waals surface area contributed by atoms with Crippen LogP contribution in [0.1, 0.15) is 76.6 Å². The first-order valence-corrected chi connectivity index (χ1v) is 12.2. The van der Waals surface area contributed by atoms with E-state index in [2.05, 4.69) is 33.9 Å². The van der Waals surface area contributed by atoms with Gasteiger partial charge in [0, 0.05) is 43.0 Å². The molecule has 3 saturated heterocycles. The van der Waals surface area contributed by atoms with E-state index >= 15 is 0 Å².